The Morgan fingerprint density at radius 3 is 1.73 bits per heavy atom. The Morgan fingerprint density at radius 2 is 1.40 bits per heavy atom. The predicted molar refractivity (Wildman–Crippen MR) is 54.2 cm³/mol. The summed E-state index contributed by atoms with van der Waals surface area (Å²) in [6.07, 6.45) is 4.49. The number of rotatable bonds is 1. The van der Waals surface area contributed by atoms with E-state index in [-0.39, 0.29) is 11.8 Å². The van der Waals surface area contributed by atoms with Gasteiger partial charge in [0.2, 0.25) is 11.8 Å². The minimum Gasteiger partial charge on any atom is -0.492 e. The highest BCUT2D eigenvalue weighted by Gasteiger charge is 2.40. The largest absolute Gasteiger partial charge is 0.492 e. The first-order chi connectivity index (χ1) is 7.24. The molecular weight excluding hydrogens is 194 g/mol. The first kappa shape index (κ1) is 8.95. The molecule has 4 nitrogen and oxygen atoms in total. The van der Waals surface area contributed by atoms with Gasteiger partial charge in [-0.15, -0.1) is 4.73 Å². The van der Waals surface area contributed by atoms with Crippen LogP contribution >= 0.6 is 0 Å². The molecule has 2 bridgehead atoms. The van der Waals surface area contributed by atoms with Crippen molar-refractivity contribution in [3.8, 4) is 11.8 Å². The van der Waals surface area contributed by atoms with Gasteiger partial charge in [0.1, 0.15) is 7.11 Å². The van der Waals surface area contributed by atoms with Crippen LogP contribution in [-0.4, -0.2) is 22.1 Å². The third-order valence-corrected chi connectivity index (χ3v) is 3.88. The maximum Gasteiger partial charge on any atom is 0.233 e. The number of aromatic hydroxyl groups is 2. The Balaban J connectivity index is 2.25. The summed E-state index contributed by atoms with van der Waals surface area (Å²) in [6, 6.07) is 0. The van der Waals surface area contributed by atoms with Gasteiger partial charge in [0, 0.05) is 11.1 Å². The molecule has 3 aliphatic rings. The van der Waals surface area contributed by atoms with E-state index in [0.29, 0.717) is 11.8 Å². The van der Waals surface area contributed by atoms with Crippen molar-refractivity contribution >= 4 is 0 Å². The molecule has 0 saturated heterocycles. The molecule has 3 aliphatic carbocycles. The Labute approximate surface area is 88.0 Å². The Morgan fingerprint density at radius 1 is 1.00 bits per heavy atom. The van der Waals surface area contributed by atoms with Gasteiger partial charge >= 0.3 is 0 Å². The first-order valence-electron chi connectivity index (χ1n) is 5.45. The number of aromatic nitrogens is 1. The van der Waals surface area contributed by atoms with Crippen LogP contribution in [0.4, 0.5) is 0 Å². The maximum absolute atomic E-state index is 9.96. The molecule has 4 heteroatoms. The lowest BCUT2D eigenvalue weighted by Crippen LogP contribution is -2.19. The number of fused-ring (bicyclic) bond motifs is 2. The second-order valence-electron chi connectivity index (χ2n) is 4.50. The lowest BCUT2D eigenvalue weighted by molar-refractivity contribution is 0.118. The zero-order valence-electron chi connectivity index (χ0n) is 8.73. The summed E-state index contributed by atoms with van der Waals surface area (Å²) in [5.74, 6) is 1.01. The van der Waals surface area contributed by atoms with Gasteiger partial charge in [-0.2, -0.15) is 0 Å². The monoisotopic (exact) mass is 209 g/mol. The van der Waals surface area contributed by atoms with Gasteiger partial charge in [0.05, 0.1) is 0 Å². The van der Waals surface area contributed by atoms with Crippen LogP contribution in [0.2, 0.25) is 0 Å². The van der Waals surface area contributed by atoms with E-state index in [4.69, 9.17) is 4.84 Å². The normalized spacial score (nSPS) is 27.8. The Kier molecular flexibility index (Phi) is 1.69. The third-order valence-electron chi connectivity index (χ3n) is 3.88. The lowest BCUT2D eigenvalue weighted by atomic mass is 9.68. The molecule has 0 aliphatic heterocycles. The first-order valence-corrected chi connectivity index (χ1v) is 5.45. The average molecular weight is 209 g/mol. The lowest BCUT2D eigenvalue weighted by Gasteiger charge is -2.35. The second-order valence-corrected chi connectivity index (χ2v) is 4.50. The van der Waals surface area contributed by atoms with Gasteiger partial charge in [-0.3, -0.25) is 0 Å². The molecule has 82 valence electrons. The van der Waals surface area contributed by atoms with Crippen molar-refractivity contribution in [2.45, 2.75) is 37.5 Å². The van der Waals surface area contributed by atoms with Gasteiger partial charge in [0.25, 0.3) is 0 Å². The fourth-order valence-electron chi connectivity index (χ4n) is 3.21. The molecule has 1 saturated carbocycles. The number of nitrogens with zero attached hydrogens (tertiary/aromatic N) is 1. The second kappa shape index (κ2) is 2.84. The fraction of sp³-hybridized carbons (Fsp3) is 0.636. The molecule has 0 spiro atoms. The van der Waals surface area contributed by atoms with Gasteiger partial charge < -0.3 is 15.1 Å². The van der Waals surface area contributed by atoms with E-state index >= 15 is 0 Å². The topological polar surface area (TPSA) is 54.6 Å². The van der Waals surface area contributed by atoms with E-state index in [1.165, 1.54) is 7.11 Å². The van der Waals surface area contributed by atoms with E-state index in [0.717, 1.165) is 41.5 Å². The summed E-state index contributed by atoms with van der Waals surface area (Å²) in [4.78, 5) is 4.97. The number of hydrogen-bond acceptors (Lipinski definition) is 3. The molecule has 0 radical (unpaired) electrons. The zero-order chi connectivity index (χ0) is 10.6. The van der Waals surface area contributed by atoms with Crippen molar-refractivity contribution in [2.24, 2.45) is 0 Å². The van der Waals surface area contributed by atoms with Gasteiger partial charge in [-0.25, -0.2) is 0 Å². The Hall–Kier alpha value is -1.32. The van der Waals surface area contributed by atoms with Gasteiger partial charge in [-0.1, -0.05) is 0 Å². The molecule has 15 heavy (non-hydrogen) atoms. The van der Waals surface area contributed by atoms with E-state index in [1.807, 2.05) is 0 Å². The van der Waals surface area contributed by atoms with Crippen molar-refractivity contribution in [3.63, 3.8) is 0 Å². The van der Waals surface area contributed by atoms with Crippen molar-refractivity contribution < 1.29 is 15.1 Å². The SMILES string of the molecule is COn1c(O)c2c(c1O)C1CCC2CC1. The zero-order valence-corrected chi connectivity index (χ0v) is 8.73. The standard InChI is InChI=1S/C11H15NO3/c1-15-12-10(13)8-6-2-3-7(5-4-6)9(8)11(12)14/h6-7,13-14H,2-5H2,1H3. The minimum absolute atomic E-state index is 0.0967. The molecule has 1 aromatic rings. The molecule has 4 rings (SSSR count). The molecule has 0 atom stereocenters. The highest BCUT2D eigenvalue weighted by atomic mass is 16.7. The van der Waals surface area contributed by atoms with E-state index in [1.54, 1.807) is 0 Å². The summed E-state index contributed by atoms with van der Waals surface area (Å²) in [5, 5.41) is 19.9. The van der Waals surface area contributed by atoms with Crippen LogP contribution in [-0.2, 0) is 0 Å². The minimum atomic E-state index is 0.0967. The Bertz CT molecular complexity index is 367. The van der Waals surface area contributed by atoms with E-state index < -0.39 is 0 Å². The van der Waals surface area contributed by atoms with Crippen LogP contribution in [0.25, 0.3) is 0 Å². The fourth-order valence-corrected chi connectivity index (χ4v) is 3.21. The molecule has 1 fully saturated rings. The van der Waals surface area contributed by atoms with Crippen molar-refractivity contribution in [1.29, 1.82) is 0 Å². The maximum atomic E-state index is 9.96. The van der Waals surface area contributed by atoms with Crippen LogP contribution in [0.15, 0.2) is 0 Å². The van der Waals surface area contributed by atoms with Crippen LogP contribution in [0, 0.1) is 0 Å². The summed E-state index contributed by atoms with van der Waals surface area (Å²) in [7, 11) is 1.45. The van der Waals surface area contributed by atoms with Crippen molar-refractivity contribution in [1.82, 2.24) is 4.73 Å². The van der Waals surface area contributed by atoms with E-state index in [9.17, 15) is 10.2 Å². The van der Waals surface area contributed by atoms with Crippen LogP contribution in [0.5, 0.6) is 11.8 Å². The highest BCUT2D eigenvalue weighted by molar-refractivity contribution is 5.51. The number of hydrogen-bond donors (Lipinski definition) is 2. The van der Waals surface area contributed by atoms with Crippen molar-refractivity contribution in [3.05, 3.63) is 11.1 Å². The van der Waals surface area contributed by atoms with Crippen molar-refractivity contribution in [2.75, 3.05) is 7.11 Å². The van der Waals surface area contributed by atoms with Gasteiger partial charge in [0.15, 0.2) is 0 Å². The molecule has 0 unspecified atom stereocenters. The van der Waals surface area contributed by atoms with Crippen LogP contribution in [0.1, 0.15) is 48.6 Å². The molecule has 2 N–H and O–H groups in total. The summed E-state index contributed by atoms with van der Waals surface area (Å²) in [5.41, 5.74) is 1.86. The molecular formula is C11H15NO3. The van der Waals surface area contributed by atoms with Crippen LogP contribution < -0.4 is 4.84 Å². The summed E-state index contributed by atoms with van der Waals surface area (Å²) >= 11 is 0. The summed E-state index contributed by atoms with van der Waals surface area (Å²) < 4.78 is 1.14. The smallest absolute Gasteiger partial charge is 0.233 e. The highest BCUT2D eigenvalue weighted by Crippen LogP contribution is 2.56. The molecule has 0 aromatic carbocycles. The molecule has 0 amide bonds. The quantitative estimate of drug-likeness (QED) is 0.740. The predicted octanol–water partition coefficient (Wildman–Crippen LogP) is 1.71. The molecule has 1 heterocycles. The third kappa shape index (κ3) is 0.967. The van der Waals surface area contributed by atoms with Crippen LogP contribution in [0.3, 0.4) is 0 Å². The van der Waals surface area contributed by atoms with E-state index in [2.05, 4.69) is 0 Å². The average Bonchev–Trinajstić information content (AvgIpc) is 2.55. The molecule has 1 aromatic heterocycles. The summed E-state index contributed by atoms with van der Waals surface area (Å²) in [6.45, 7) is 0. The van der Waals surface area contributed by atoms with Gasteiger partial charge in [-0.05, 0) is 37.5 Å².